The smallest absolute Gasteiger partial charge is 0.407 e. The van der Waals surface area contributed by atoms with Gasteiger partial charge < -0.3 is 9.31 Å². The van der Waals surface area contributed by atoms with Crippen LogP contribution in [-0.2, 0) is 9.31 Å². The van der Waals surface area contributed by atoms with E-state index < -0.39 is 0 Å². The third-order valence-corrected chi connectivity index (χ3v) is 5.27. The monoisotopic (exact) mass is 324 g/mol. The number of hydrogen-bond donors (Lipinski definition) is 0. The summed E-state index contributed by atoms with van der Waals surface area (Å²) in [6, 6.07) is 13.7. The van der Waals surface area contributed by atoms with E-state index in [4.69, 9.17) is 9.31 Å². The van der Waals surface area contributed by atoms with Crippen molar-refractivity contribution in [1.29, 1.82) is 0 Å². The Morgan fingerprint density at radius 1 is 1.00 bits per heavy atom. The van der Waals surface area contributed by atoms with Crippen LogP contribution in [0, 0.1) is 5.41 Å². The van der Waals surface area contributed by atoms with Gasteiger partial charge in [-0.2, -0.15) is 0 Å². The quantitative estimate of drug-likeness (QED) is 0.509. The molecular weight excluding hydrogens is 307 g/mol. The second-order valence-electron chi connectivity index (χ2n) is 6.80. The lowest BCUT2D eigenvalue weighted by Crippen LogP contribution is -2.47. The van der Waals surface area contributed by atoms with Crippen LogP contribution < -0.4 is 10.9 Å². The Morgan fingerprint density at radius 3 is 2.48 bits per heavy atom. The Morgan fingerprint density at radius 2 is 1.70 bits per heavy atom. The van der Waals surface area contributed by atoms with Gasteiger partial charge in [-0.25, -0.2) is 0 Å². The highest BCUT2D eigenvalue weighted by atomic mass is 32.1. The van der Waals surface area contributed by atoms with Crippen LogP contribution in [0.3, 0.4) is 0 Å². The van der Waals surface area contributed by atoms with Gasteiger partial charge in [-0.1, -0.05) is 32.0 Å². The molecule has 0 radical (unpaired) electrons. The van der Waals surface area contributed by atoms with Crippen molar-refractivity contribution in [3.05, 3.63) is 52.7 Å². The molecule has 23 heavy (non-hydrogen) atoms. The average molecular weight is 324 g/mol. The molecule has 0 aliphatic carbocycles. The highest BCUT2D eigenvalue weighted by Crippen LogP contribution is 2.25. The summed E-state index contributed by atoms with van der Waals surface area (Å²) in [5.74, 6) is 0. The molecule has 0 N–H and O–H groups in total. The molecule has 0 bridgehead atoms. The van der Waals surface area contributed by atoms with Crippen molar-refractivity contribution < 1.29 is 9.31 Å². The van der Waals surface area contributed by atoms with Crippen LogP contribution in [0.25, 0.3) is 20.2 Å². The van der Waals surface area contributed by atoms with Crippen molar-refractivity contribution in [1.82, 2.24) is 0 Å². The summed E-state index contributed by atoms with van der Waals surface area (Å²) < 4.78 is 13.7. The maximum atomic E-state index is 12.8. The highest BCUT2D eigenvalue weighted by Gasteiger charge is 2.33. The van der Waals surface area contributed by atoms with E-state index in [9.17, 15) is 4.79 Å². The summed E-state index contributed by atoms with van der Waals surface area (Å²) in [6.07, 6.45) is 0. The van der Waals surface area contributed by atoms with Gasteiger partial charge in [0.15, 0.2) is 5.43 Å². The van der Waals surface area contributed by atoms with Gasteiger partial charge in [-0.3, -0.25) is 4.79 Å². The van der Waals surface area contributed by atoms with Crippen LogP contribution in [0.5, 0.6) is 0 Å². The number of fused-ring (bicyclic) bond motifs is 2. The first kappa shape index (κ1) is 14.9. The third-order valence-electron chi connectivity index (χ3n) is 4.12. The second kappa shape index (κ2) is 5.44. The topological polar surface area (TPSA) is 35.5 Å². The van der Waals surface area contributed by atoms with Gasteiger partial charge in [0.1, 0.15) is 0 Å². The van der Waals surface area contributed by atoms with Crippen molar-refractivity contribution in [3.8, 4) is 0 Å². The van der Waals surface area contributed by atoms with E-state index in [0.717, 1.165) is 25.6 Å². The maximum absolute atomic E-state index is 12.8. The predicted molar refractivity (Wildman–Crippen MR) is 96.7 cm³/mol. The van der Waals surface area contributed by atoms with E-state index in [2.05, 4.69) is 13.8 Å². The fourth-order valence-electron chi connectivity index (χ4n) is 2.85. The molecule has 4 rings (SSSR count). The summed E-state index contributed by atoms with van der Waals surface area (Å²) in [7, 11) is -0.386. The molecule has 3 aromatic rings. The lowest BCUT2D eigenvalue weighted by Gasteiger charge is -2.33. The van der Waals surface area contributed by atoms with Crippen LogP contribution in [-0.4, -0.2) is 20.3 Å². The highest BCUT2D eigenvalue weighted by molar-refractivity contribution is 7.24. The molecule has 2 heterocycles. The van der Waals surface area contributed by atoms with E-state index in [1.807, 2.05) is 42.5 Å². The minimum absolute atomic E-state index is 0.0370. The Labute approximate surface area is 139 Å². The fraction of sp³-hybridized carbons (Fsp3) is 0.278. The summed E-state index contributed by atoms with van der Waals surface area (Å²) in [6.45, 7) is 5.54. The molecule has 0 unspecified atom stereocenters. The zero-order valence-electron chi connectivity index (χ0n) is 13.2. The van der Waals surface area contributed by atoms with Crippen molar-refractivity contribution in [2.24, 2.45) is 5.41 Å². The Kier molecular flexibility index (Phi) is 3.52. The largest absolute Gasteiger partial charge is 0.493 e. The lowest BCUT2D eigenvalue weighted by molar-refractivity contribution is 0.0343. The zero-order chi connectivity index (χ0) is 16.0. The molecule has 0 amide bonds. The van der Waals surface area contributed by atoms with Gasteiger partial charge in [-0.05, 0) is 29.7 Å². The maximum Gasteiger partial charge on any atom is 0.493 e. The molecule has 5 heteroatoms. The van der Waals surface area contributed by atoms with E-state index in [0.29, 0.717) is 13.2 Å². The molecule has 0 spiro atoms. The molecule has 1 aromatic heterocycles. The second-order valence-corrected chi connectivity index (χ2v) is 7.88. The minimum atomic E-state index is -0.386. The van der Waals surface area contributed by atoms with Gasteiger partial charge in [0.25, 0.3) is 0 Å². The number of rotatable bonds is 1. The number of benzene rings is 2. The molecule has 3 nitrogen and oxygen atoms in total. The van der Waals surface area contributed by atoms with E-state index in [1.165, 1.54) is 0 Å². The van der Waals surface area contributed by atoms with Crippen LogP contribution in [0.2, 0.25) is 0 Å². The minimum Gasteiger partial charge on any atom is -0.407 e. The van der Waals surface area contributed by atoms with Crippen molar-refractivity contribution in [2.45, 2.75) is 13.8 Å². The molecular formula is C18H17BO3S. The summed E-state index contributed by atoms with van der Waals surface area (Å²) in [5.41, 5.74) is 1.02. The van der Waals surface area contributed by atoms with Crippen LogP contribution in [0.4, 0.5) is 0 Å². The molecule has 1 fully saturated rings. The molecule has 0 saturated carbocycles. The molecule has 1 saturated heterocycles. The van der Waals surface area contributed by atoms with E-state index >= 15 is 0 Å². The third kappa shape index (κ3) is 2.69. The van der Waals surface area contributed by atoms with Crippen molar-refractivity contribution in [2.75, 3.05) is 13.2 Å². The first-order valence-corrected chi connectivity index (χ1v) is 8.54. The van der Waals surface area contributed by atoms with E-state index in [-0.39, 0.29) is 18.0 Å². The van der Waals surface area contributed by atoms with Crippen LogP contribution in [0.1, 0.15) is 13.8 Å². The standard InChI is InChI=1S/C18H17BO3S/c1-18(2)10-21-19(22-11-18)12-7-8-16-14(9-12)17(20)13-5-3-4-6-15(13)23-16/h3-9H,10-11H2,1-2H3. The first-order valence-electron chi connectivity index (χ1n) is 7.72. The summed E-state index contributed by atoms with van der Waals surface area (Å²) >= 11 is 1.64. The normalized spacial score (nSPS) is 17.7. The molecule has 2 aromatic carbocycles. The summed E-state index contributed by atoms with van der Waals surface area (Å²) in [5, 5.41) is 1.51. The first-order chi connectivity index (χ1) is 11.0. The lowest BCUT2D eigenvalue weighted by atomic mass is 9.75. The number of hydrogen-bond acceptors (Lipinski definition) is 4. The summed E-state index contributed by atoms with van der Waals surface area (Å²) in [4.78, 5) is 12.8. The van der Waals surface area contributed by atoms with Crippen molar-refractivity contribution >= 4 is 44.1 Å². The fourth-order valence-corrected chi connectivity index (χ4v) is 3.90. The molecule has 1 aliphatic rings. The predicted octanol–water partition coefficient (Wildman–Crippen LogP) is 3.18. The van der Waals surface area contributed by atoms with Gasteiger partial charge in [0, 0.05) is 38.8 Å². The van der Waals surface area contributed by atoms with Crippen molar-refractivity contribution in [3.63, 3.8) is 0 Å². The van der Waals surface area contributed by atoms with Gasteiger partial charge in [-0.15, -0.1) is 11.3 Å². The Balaban J connectivity index is 1.80. The Hall–Kier alpha value is -1.69. The molecule has 116 valence electrons. The average Bonchev–Trinajstić information content (AvgIpc) is 2.55. The zero-order valence-corrected chi connectivity index (χ0v) is 14.0. The Bertz CT molecular complexity index is 938. The van der Waals surface area contributed by atoms with Gasteiger partial charge in [0.2, 0.25) is 0 Å². The van der Waals surface area contributed by atoms with Crippen LogP contribution >= 0.6 is 11.3 Å². The van der Waals surface area contributed by atoms with E-state index in [1.54, 1.807) is 11.3 Å². The van der Waals surface area contributed by atoms with Gasteiger partial charge in [0.05, 0.1) is 0 Å². The SMILES string of the molecule is CC1(C)COB(c2ccc3sc4ccccc4c(=O)c3c2)OC1. The van der Waals surface area contributed by atoms with Gasteiger partial charge >= 0.3 is 7.12 Å². The molecule has 1 aliphatic heterocycles. The molecule has 0 atom stereocenters. The van der Waals surface area contributed by atoms with Crippen LogP contribution in [0.15, 0.2) is 47.3 Å².